The Morgan fingerprint density at radius 2 is 1.77 bits per heavy atom. The molecule has 0 bridgehead atoms. The Balaban J connectivity index is 1.95. The molecule has 0 aromatic heterocycles. The first-order chi connectivity index (χ1) is 10.6. The number of rotatable bonds is 7. The van der Waals surface area contributed by atoms with Crippen molar-refractivity contribution in [3.8, 4) is 5.75 Å². The lowest BCUT2D eigenvalue weighted by atomic mass is 10.0. The van der Waals surface area contributed by atoms with Gasteiger partial charge >= 0.3 is 0 Å². The Morgan fingerprint density at radius 1 is 0.955 bits per heavy atom. The van der Waals surface area contributed by atoms with Gasteiger partial charge in [0.05, 0.1) is 0 Å². The summed E-state index contributed by atoms with van der Waals surface area (Å²) in [7, 11) is 0. The minimum atomic E-state index is 0.372. The van der Waals surface area contributed by atoms with E-state index in [-0.39, 0.29) is 0 Å². The number of thioether (sulfide) groups is 1. The number of unbranched alkanes of at least 4 members (excludes halogenated alkanes) is 2. The highest BCUT2D eigenvalue weighted by atomic mass is 32.2. The lowest BCUT2D eigenvalue weighted by Crippen LogP contribution is -1.92. The van der Waals surface area contributed by atoms with Crippen LogP contribution in [0.25, 0.3) is 0 Å². The second-order valence-electron chi connectivity index (χ2n) is 5.95. The van der Waals surface area contributed by atoms with Crippen molar-refractivity contribution >= 4 is 11.8 Å². The van der Waals surface area contributed by atoms with Crippen LogP contribution in [0.1, 0.15) is 48.4 Å². The number of phenols is 1. The SMILES string of the molecule is CCCCCc1ccc(CSc2ccc(O)c(C)c2)cc1C. The molecule has 2 aromatic carbocycles. The maximum absolute atomic E-state index is 9.58. The molecular weight excluding hydrogens is 288 g/mol. The molecule has 22 heavy (non-hydrogen) atoms. The molecule has 0 heterocycles. The van der Waals surface area contributed by atoms with Crippen molar-refractivity contribution in [2.24, 2.45) is 0 Å². The average molecular weight is 314 g/mol. The number of phenolic OH excluding ortho intramolecular Hbond substituents is 1. The van der Waals surface area contributed by atoms with Crippen molar-refractivity contribution in [2.75, 3.05) is 0 Å². The fourth-order valence-electron chi connectivity index (χ4n) is 2.58. The van der Waals surface area contributed by atoms with Crippen LogP contribution in [0.4, 0.5) is 0 Å². The maximum Gasteiger partial charge on any atom is 0.118 e. The fourth-order valence-corrected chi connectivity index (χ4v) is 3.52. The Kier molecular flexibility index (Phi) is 6.38. The van der Waals surface area contributed by atoms with Crippen LogP contribution in [0, 0.1) is 13.8 Å². The molecule has 0 radical (unpaired) electrons. The van der Waals surface area contributed by atoms with Crippen LogP contribution < -0.4 is 0 Å². The molecule has 0 fully saturated rings. The van der Waals surface area contributed by atoms with Crippen molar-refractivity contribution in [3.05, 3.63) is 58.7 Å². The topological polar surface area (TPSA) is 20.2 Å². The van der Waals surface area contributed by atoms with Crippen LogP contribution in [0.5, 0.6) is 5.75 Å². The predicted octanol–water partition coefficient (Wildman–Crippen LogP) is 6.03. The second-order valence-corrected chi connectivity index (χ2v) is 7.00. The van der Waals surface area contributed by atoms with Gasteiger partial charge in [0, 0.05) is 10.6 Å². The summed E-state index contributed by atoms with van der Waals surface area (Å²) in [5, 5.41) is 9.58. The van der Waals surface area contributed by atoms with E-state index in [0.29, 0.717) is 5.75 Å². The van der Waals surface area contributed by atoms with Crippen molar-refractivity contribution < 1.29 is 5.11 Å². The van der Waals surface area contributed by atoms with Crippen LogP contribution in [-0.4, -0.2) is 5.11 Å². The number of benzene rings is 2. The molecule has 0 atom stereocenters. The van der Waals surface area contributed by atoms with E-state index in [1.54, 1.807) is 6.07 Å². The number of hydrogen-bond acceptors (Lipinski definition) is 2. The second kappa shape index (κ2) is 8.28. The minimum Gasteiger partial charge on any atom is -0.508 e. The van der Waals surface area contributed by atoms with Gasteiger partial charge in [0.25, 0.3) is 0 Å². The van der Waals surface area contributed by atoms with Crippen molar-refractivity contribution in [1.29, 1.82) is 0 Å². The highest BCUT2D eigenvalue weighted by molar-refractivity contribution is 7.98. The Morgan fingerprint density at radius 3 is 2.45 bits per heavy atom. The van der Waals surface area contributed by atoms with E-state index in [9.17, 15) is 5.11 Å². The highest BCUT2D eigenvalue weighted by Gasteiger charge is 2.03. The van der Waals surface area contributed by atoms with Gasteiger partial charge in [-0.05, 0) is 67.1 Å². The van der Waals surface area contributed by atoms with Crippen LogP contribution in [-0.2, 0) is 12.2 Å². The van der Waals surface area contributed by atoms with Gasteiger partial charge in [-0.2, -0.15) is 0 Å². The maximum atomic E-state index is 9.58. The van der Waals surface area contributed by atoms with Crippen LogP contribution in [0.2, 0.25) is 0 Å². The molecule has 0 aliphatic heterocycles. The van der Waals surface area contributed by atoms with E-state index >= 15 is 0 Å². The van der Waals surface area contributed by atoms with Crippen molar-refractivity contribution in [3.63, 3.8) is 0 Å². The predicted molar refractivity (Wildman–Crippen MR) is 96.8 cm³/mol. The third kappa shape index (κ3) is 4.81. The smallest absolute Gasteiger partial charge is 0.118 e. The zero-order valence-corrected chi connectivity index (χ0v) is 14.7. The Labute approximate surface area is 138 Å². The number of aryl methyl sites for hydroxylation is 3. The first-order valence-corrected chi connectivity index (χ1v) is 9.09. The standard InChI is InChI=1S/C20H26OS/c1-4-5-6-7-18-9-8-17(12-15(18)2)14-22-19-10-11-20(21)16(3)13-19/h8-13,21H,4-7,14H2,1-3H3. The molecule has 0 amide bonds. The molecule has 0 spiro atoms. The van der Waals surface area contributed by atoms with E-state index in [4.69, 9.17) is 0 Å². The highest BCUT2D eigenvalue weighted by Crippen LogP contribution is 2.28. The van der Waals surface area contributed by atoms with Gasteiger partial charge in [0.15, 0.2) is 0 Å². The summed E-state index contributed by atoms with van der Waals surface area (Å²) in [4.78, 5) is 1.21. The molecule has 0 aliphatic carbocycles. The molecule has 2 heteroatoms. The van der Waals surface area contributed by atoms with E-state index in [1.165, 1.54) is 47.3 Å². The third-order valence-electron chi connectivity index (χ3n) is 4.03. The van der Waals surface area contributed by atoms with Crippen LogP contribution >= 0.6 is 11.8 Å². The lowest BCUT2D eigenvalue weighted by Gasteiger charge is -2.09. The van der Waals surface area contributed by atoms with E-state index in [1.807, 2.05) is 30.8 Å². The summed E-state index contributed by atoms with van der Waals surface area (Å²) in [5.41, 5.74) is 5.21. The van der Waals surface area contributed by atoms with Crippen LogP contribution in [0.15, 0.2) is 41.3 Å². The van der Waals surface area contributed by atoms with Gasteiger partial charge in [0.1, 0.15) is 5.75 Å². The normalized spacial score (nSPS) is 10.9. The first-order valence-electron chi connectivity index (χ1n) is 8.11. The monoisotopic (exact) mass is 314 g/mol. The third-order valence-corrected chi connectivity index (χ3v) is 5.10. The minimum absolute atomic E-state index is 0.372. The molecule has 0 saturated carbocycles. The molecule has 1 N–H and O–H groups in total. The van der Waals surface area contributed by atoms with Gasteiger partial charge < -0.3 is 5.11 Å². The zero-order valence-electron chi connectivity index (χ0n) is 13.9. The van der Waals surface area contributed by atoms with Gasteiger partial charge in [-0.15, -0.1) is 11.8 Å². The Bertz CT molecular complexity index is 619. The molecule has 2 rings (SSSR count). The summed E-state index contributed by atoms with van der Waals surface area (Å²) in [6, 6.07) is 12.7. The van der Waals surface area contributed by atoms with Gasteiger partial charge in [-0.1, -0.05) is 38.0 Å². The zero-order chi connectivity index (χ0) is 15.9. The van der Waals surface area contributed by atoms with E-state index in [0.717, 1.165) is 11.3 Å². The van der Waals surface area contributed by atoms with E-state index < -0.39 is 0 Å². The molecule has 0 unspecified atom stereocenters. The van der Waals surface area contributed by atoms with Gasteiger partial charge in [0.2, 0.25) is 0 Å². The summed E-state index contributed by atoms with van der Waals surface area (Å²) < 4.78 is 0. The van der Waals surface area contributed by atoms with Gasteiger partial charge in [-0.3, -0.25) is 0 Å². The van der Waals surface area contributed by atoms with Crippen molar-refractivity contribution in [1.82, 2.24) is 0 Å². The molecule has 0 saturated heterocycles. The summed E-state index contributed by atoms with van der Waals surface area (Å²) in [5.74, 6) is 1.34. The largest absolute Gasteiger partial charge is 0.508 e. The lowest BCUT2D eigenvalue weighted by molar-refractivity contribution is 0.470. The van der Waals surface area contributed by atoms with Gasteiger partial charge in [-0.25, -0.2) is 0 Å². The number of hydrogen-bond donors (Lipinski definition) is 1. The Hall–Kier alpha value is -1.41. The van der Waals surface area contributed by atoms with Crippen LogP contribution in [0.3, 0.4) is 0 Å². The van der Waals surface area contributed by atoms with E-state index in [2.05, 4.69) is 32.0 Å². The average Bonchev–Trinajstić information content (AvgIpc) is 2.50. The van der Waals surface area contributed by atoms with Crippen molar-refractivity contribution in [2.45, 2.75) is 57.1 Å². The molecule has 1 nitrogen and oxygen atoms in total. The number of aromatic hydroxyl groups is 1. The fraction of sp³-hybridized carbons (Fsp3) is 0.400. The molecular formula is C20H26OS. The summed E-state index contributed by atoms with van der Waals surface area (Å²) >= 11 is 1.82. The quantitative estimate of drug-likeness (QED) is 0.497. The molecule has 0 aliphatic rings. The molecule has 118 valence electrons. The first kappa shape index (κ1) is 17.0. The summed E-state index contributed by atoms with van der Waals surface area (Å²) in [6.45, 7) is 6.41. The molecule has 2 aromatic rings. The summed E-state index contributed by atoms with van der Waals surface area (Å²) in [6.07, 6.45) is 5.08.